The number of hydrogen-bond acceptors (Lipinski definition) is 3. The molecule has 0 fully saturated rings. The molecule has 0 aromatic heterocycles. The topological polar surface area (TPSA) is 39.1 Å². The summed E-state index contributed by atoms with van der Waals surface area (Å²) >= 11 is 0. The lowest BCUT2D eigenvalue weighted by Gasteiger charge is -2.23. The minimum Gasteiger partial charge on any atom is -0.372 e. The fourth-order valence-electron chi connectivity index (χ4n) is 1.61. The quantitative estimate of drug-likeness (QED) is 0.850. The van der Waals surface area contributed by atoms with Crippen molar-refractivity contribution in [1.29, 1.82) is 5.26 Å². The molecule has 0 saturated heterocycles. The van der Waals surface area contributed by atoms with Crippen molar-refractivity contribution >= 4 is 5.69 Å². The van der Waals surface area contributed by atoms with E-state index in [4.69, 9.17) is 5.26 Å². The van der Waals surface area contributed by atoms with Crippen LogP contribution in [0, 0.1) is 17.1 Å². The highest BCUT2D eigenvalue weighted by Crippen LogP contribution is 2.13. The number of likely N-dealkylation sites (N-methyl/N-ethyl adjacent to an activating group) is 1. The van der Waals surface area contributed by atoms with E-state index in [1.807, 2.05) is 25.8 Å². The van der Waals surface area contributed by atoms with E-state index in [0.717, 1.165) is 5.69 Å². The van der Waals surface area contributed by atoms with Crippen LogP contribution in [0.2, 0.25) is 0 Å². The predicted octanol–water partition coefficient (Wildman–Crippen LogP) is 2.15. The first kappa shape index (κ1) is 13.5. The maximum absolute atomic E-state index is 12.8. The van der Waals surface area contributed by atoms with E-state index >= 15 is 0 Å². The molecule has 3 nitrogen and oxygen atoms in total. The monoisotopic (exact) mass is 235 g/mol. The maximum atomic E-state index is 12.8. The Bertz CT molecular complexity index is 381. The number of benzene rings is 1. The summed E-state index contributed by atoms with van der Waals surface area (Å²) in [5, 5.41) is 12.2. The second-order valence-corrected chi connectivity index (χ2v) is 4.36. The SMILES string of the molecule is CC(C)NC(C#N)CN(C)c1ccc(F)cc1. The Labute approximate surface area is 102 Å². The third kappa shape index (κ3) is 4.41. The summed E-state index contributed by atoms with van der Waals surface area (Å²) in [5.74, 6) is -0.251. The molecule has 17 heavy (non-hydrogen) atoms. The van der Waals surface area contributed by atoms with Gasteiger partial charge in [-0.25, -0.2) is 4.39 Å². The Kier molecular flexibility index (Phi) is 4.92. The first-order chi connectivity index (χ1) is 8.02. The van der Waals surface area contributed by atoms with Crippen molar-refractivity contribution in [3.05, 3.63) is 30.1 Å². The van der Waals surface area contributed by atoms with Crippen molar-refractivity contribution < 1.29 is 4.39 Å². The van der Waals surface area contributed by atoms with Crippen LogP contribution in [-0.2, 0) is 0 Å². The van der Waals surface area contributed by atoms with Gasteiger partial charge in [-0.1, -0.05) is 0 Å². The van der Waals surface area contributed by atoms with Crippen molar-refractivity contribution in [3.63, 3.8) is 0 Å². The molecule has 4 heteroatoms. The van der Waals surface area contributed by atoms with E-state index < -0.39 is 0 Å². The van der Waals surface area contributed by atoms with Crippen molar-refractivity contribution in [2.24, 2.45) is 0 Å². The largest absolute Gasteiger partial charge is 0.372 e. The van der Waals surface area contributed by atoms with Crippen LogP contribution in [-0.4, -0.2) is 25.7 Å². The number of nitrogens with zero attached hydrogens (tertiary/aromatic N) is 2. The number of nitrogens with one attached hydrogen (secondary N) is 1. The van der Waals surface area contributed by atoms with E-state index in [9.17, 15) is 4.39 Å². The molecule has 0 spiro atoms. The van der Waals surface area contributed by atoms with Crippen LogP contribution in [0.15, 0.2) is 24.3 Å². The van der Waals surface area contributed by atoms with Crippen LogP contribution in [0.5, 0.6) is 0 Å². The zero-order chi connectivity index (χ0) is 12.8. The molecule has 1 N–H and O–H groups in total. The summed E-state index contributed by atoms with van der Waals surface area (Å²) in [6, 6.07) is 8.51. The smallest absolute Gasteiger partial charge is 0.123 e. The van der Waals surface area contributed by atoms with Gasteiger partial charge in [-0.3, -0.25) is 5.32 Å². The second kappa shape index (κ2) is 6.21. The molecule has 0 bridgehead atoms. The third-order valence-electron chi connectivity index (χ3n) is 2.41. The summed E-state index contributed by atoms with van der Waals surface area (Å²) in [4.78, 5) is 1.93. The molecule has 1 rings (SSSR count). The fraction of sp³-hybridized carbons (Fsp3) is 0.462. The molecule has 1 unspecified atom stereocenters. The molecule has 1 aromatic rings. The van der Waals surface area contributed by atoms with E-state index in [2.05, 4.69) is 11.4 Å². The molecule has 1 atom stereocenters. The molecular formula is C13H18FN3. The molecular weight excluding hydrogens is 217 g/mol. The first-order valence-corrected chi connectivity index (χ1v) is 5.65. The van der Waals surface area contributed by atoms with Crippen molar-refractivity contribution in [1.82, 2.24) is 5.32 Å². The van der Waals surface area contributed by atoms with E-state index in [0.29, 0.717) is 6.54 Å². The summed E-state index contributed by atoms with van der Waals surface area (Å²) in [6.45, 7) is 4.57. The summed E-state index contributed by atoms with van der Waals surface area (Å²) in [6.07, 6.45) is 0. The predicted molar refractivity (Wildman–Crippen MR) is 67.3 cm³/mol. The normalized spacial score (nSPS) is 12.2. The van der Waals surface area contributed by atoms with Gasteiger partial charge < -0.3 is 4.90 Å². The van der Waals surface area contributed by atoms with Gasteiger partial charge in [0, 0.05) is 25.3 Å². The summed E-state index contributed by atoms with van der Waals surface area (Å²) < 4.78 is 12.8. The maximum Gasteiger partial charge on any atom is 0.123 e. The molecule has 1 aromatic carbocycles. The van der Waals surface area contributed by atoms with Gasteiger partial charge in [0.05, 0.1) is 6.07 Å². The summed E-state index contributed by atoms with van der Waals surface area (Å²) in [7, 11) is 1.89. The number of rotatable bonds is 5. The van der Waals surface area contributed by atoms with Crippen molar-refractivity contribution in [2.75, 3.05) is 18.5 Å². The molecule has 0 saturated carbocycles. The van der Waals surface area contributed by atoms with Crippen LogP contribution >= 0.6 is 0 Å². The molecule has 0 radical (unpaired) electrons. The lowest BCUT2D eigenvalue weighted by Crippen LogP contribution is -2.41. The average Bonchev–Trinajstić information content (AvgIpc) is 2.28. The highest BCUT2D eigenvalue weighted by Gasteiger charge is 2.11. The van der Waals surface area contributed by atoms with Gasteiger partial charge in [0.15, 0.2) is 0 Å². The average molecular weight is 235 g/mol. The molecule has 0 aliphatic rings. The minimum absolute atomic E-state index is 0.231. The van der Waals surface area contributed by atoms with Crippen LogP contribution in [0.3, 0.4) is 0 Å². The van der Waals surface area contributed by atoms with E-state index in [1.54, 1.807) is 12.1 Å². The van der Waals surface area contributed by atoms with Gasteiger partial charge in [-0.15, -0.1) is 0 Å². The Morgan fingerprint density at radius 2 is 1.94 bits per heavy atom. The molecule has 0 aliphatic heterocycles. The zero-order valence-electron chi connectivity index (χ0n) is 10.4. The van der Waals surface area contributed by atoms with Gasteiger partial charge in [0.25, 0.3) is 0 Å². The lowest BCUT2D eigenvalue weighted by molar-refractivity contribution is 0.528. The number of halogens is 1. The Hall–Kier alpha value is -1.60. The van der Waals surface area contributed by atoms with Crippen LogP contribution in [0.1, 0.15) is 13.8 Å². The number of hydrogen-bond donors (Lipinski definition) is 1. The second-order valence-electron chi connectivity index (χ2n) is 4.36. The highest BCUT2D eigenvalue weighted by atomic mass is 19.1. The number of anilines is 1. The van der Waals surface area contributed by atoms with Gasteiger partial charge in [0.1, 0.15) is 11.9 Å². The number of nitriles is 1. The fourth-order valence-corrected chi connectivity index (χ4v) is 1.61. The van der Waals surface area contributed by atoms with Gasteiger partial charge in [0.2, 0.25) is 0 Å². The van der Waals surface area contributed by atoms with Crippen LogP contribution < -0.4 is 10.2 Å². The van der Waals surface area contributed by atoms with Crippen LogP contribution in [0.4, 0.5) is 10.1 Å². The molecule has 0 heterocycles. The van der Waals surface area contributed by atoms with E-state index in [1.165, 1.54) is 12.1 Å². The molecule has 0 amide bonds. The minimum atomic E-state index is -0.251. The van der Waals surface area contributed by atoms with Gasteiger partial charge >= 0.3 is 0 Å². The highest BCUT2D eigenvalue weighted by molar-refractivity contribution is 5.45. The van der Waals surface area contributed by atoms with Gasteiger partial charge in [-0.05, 0) is 38.1 Å². The third-order valence-corrected chi connectivity index (χ3v) is 2.41. The van der Waals surface area contributed by atoms with Gasteiger partial charge in [-0.2, -0.15) is 5.26 Å². The Balaban J connectivity index is 2.61. The van der Waals surface area contributed by atoms with Crippen LogP contribution in [0.25, 0.3) is 0 Å². The molecule has 92 valence electrons. The van der Waals surface area contributed by atoms with Crippen molar-refractivity contribution in [3.8, 4) is 6.07 Å². The first-order valence-electron chi connectivity index (χ1n) is 5.65. The lowest BCUT2D eigenvalue weighted by atomic mass is 10.2. The standard InChI is InChI=1S/C13H18FN3/c1-10(2)16-12(8-15)9-17(3)13-6-4-11(14)5-7-13/h4-7,10,12,16H,9H2,1-3H3. The molecule has 0 aliphatic carbocycles. The van der Waals surface area contributed by atoms with Crippen molar-refractivity contribution in [2.45, 2.75) is 25.9 Å². The Morgan fingerprint density at radius 1 is 1.35 bits per heavy atom. The zero-order valence-corrected chi connectivity index (χ0v) is 10.4. The Morgan fingerprint density at radius 3 is 2.41 bits per heavy atom. The summed E-state index contributed by atoms with van der Waals surface area (Å²) in [5.41, 5.74) is 0.900. The van der Waals surface area contributed by atoms with E-state index in [-0.39, 0.29) is 17.9 Å².